The molecule has 1 amide bonds. The van der Waals surface area contributed by atoms with E-state index in [2.05, 4.69) is 5.32 Å². The van der Waals surface area contributed by atoms with Crippen LogP contribution in [0.5, 0.6) is 5.75 Å². The first-order valence-electron chi connectivity index (χ1n) is 10.4. The van der Waals surface area contributed by atoms with Gasteiger partial charge in [0.2, 0.25) is 15.9 Å². The summed E-state index contributed by atoms with van der Waals surface area (Å²) in [7, 11) is -3.74. The van der Waals surface area contributed by atoms with Gasteiger partial charge in [0.15, 0.2) is 0 Å². The lowest BCUT2D eigenvalue weighted by Gasteiger charge is -2.21. The second-order valence-corrected chi connectivity index (χ2v) is 8.95. The number of hydrogen-bond acceptors (Lipinski definition) is 4. The standard InChI is InChI=1S/C24H28N2O4S/c1-4-26(5-2)31(28,29)23-17-20(14-15-22(23)30-6-3)25-24(27)16-19-12-9-11-18-10-7-8-13-21(18)19/h7-15,17H,4-6,16H2,1-3H3,(H,25,27). The van der Waals surface area contributed by atoms with Crippen molar-refractivity contribution in [3.8, 4) is 5.75 Å². The first-order chi connectivity index (χ1) is 14.9. The number of amides is 1. The lowest BCUT2D eigenvalue weighted by molar-refractivity contribution is -0.115. The van der Waals surface area contributed by atoms with E-state index in [-0.39, 0.29) is 23.0 Å². The van der Waals surface area contributed by atoms with Gasteiger partial charge in [-0.2, -0.15) is 4.31 Å². The Kier molecular flexibility index (Phi) is 7.30. The number of anilines is 1. The largest absolute Gasteiger partial charge is 0.492 e. The normalized spacial score (nSPS) is 11.6. The van der Waals surface area contributed by atoms with E-state index >= 15 is 0 Å². The van der Waals surface area contributed by atoms with Gasteiger partial charge in [-0.1, -0.05) is 56.3 Å². The summed E-state index contributed by atoms with van der Waals surface area (Å²) in [6.07, 6.45) is 0.187. The van der Waals surface area contributed by atoms with E-state index in [0.717, 1.165) is 16.3 Å². The molecule has 0 aliphatic carbocycles. The topological polar surface area (TPSA) is 75.7 Å². The van der Waals surface area contributed by atoms with Crippen LogP contribution < -0.4 is 10.1 Å². The molecule has 164 valence electrons. The predicted molar refractivity (Wildman–Crippen MR) is 124 cm³/mol. The molecule has 0 saturated carbocycles. The maximum Gasteiger partial charge on any atom is 0.246 e. The molecule has 31 heavy (non-hydrogen) atoms. The number of ether oxygens (including phenoxy) is 1. The van der Waals surface area contributed by atoms with Crippen molar-refractivity contribution >= 4 is 32.4 Å². The number of benzene rings is 3. The van der Waals surface area contributed by atoms with E-state index in [0.29, 0.717) is 25.4 Å². The molecule has 0 aliphatic heterocycles. The van der Waals surface area contributed by atoms with Gasteiger partial charge in [-0.25, -0.2) is 8.42 Å². The summed E-state index contributed by atoms with van der Waals surface area (Å²) in [6, 6.07) is 18.5. The van der Waals surface area contributed by atoms with Crippen molar-refractivity contribution in [1.29, 1.82) is 0 Å². The molecule has 0 saturated heterocycles. The Balaban J connectivity index is 1.88. The molecule has 7 heteroatoms. The highest BCUT2D eigenvalue weighted by molar-refractivity contribution is 7.89. The van der Waals surface area contributed by atoms with Crippen molar-refractivity contribution < 1.29 is 17.9 Å². The fourth-order valence-corrected chi connectivity index (χ4v) is 5.20. The summed E-state index contributed by atoms with van der Waals surface area (Å²) in [4.78, 5) is 12.8. The van der Waals surface area contributed by atoms with Crippen LogP contribution in [0.2, 0.25) is 0 Å². The predicted octanol–water partition coefficient (Wildman–Crippen LogP) is 4.45. The van der Waals surface area contributed by atoms with Crippen molar-refractivity contribution in [2.24, 2.45) is 0 Å². The van der Waals surface area contributed by atoms with Crippen LogP contribution in [0.15, 0.2) is 65.6 Å². The van der Waals surface area contributed by atoms with Crippen LogP contribution in [-0.2, 0) is 21.2 Å². The molecule has 0 unspecified atom stereocenters. The number of hydrogen-bond donors (Lipinski definition) is 1. The van der Waals surface area contributed by atoms with Gasteiger partial charge in [-0.05, 0) is 41.5 Å². The zero-order valence-corrected chi connectivity index (χ0v) is 18.9. The minimum atomic E-state index is -3.74. The Hall–Kier alpha value is -2.90. The monoisotopic (exact) mass is 440 g/mol. The molecule has 0 spiro atoms. The Bertz CT molecular complexity index is 1170. The minimum absolute atomic E-state index is 0.0565. The number of sulfonamides is 1. The summed E-state index contributed by atoms with van der Waals surface area (Å²) in [5.41, 5.74) is 1.33. The Morgan fingerprint density at radius 2 is 1.68 bits per heavy atom. The van der Waals surface area contributed by atoms with Crippen LogP contribution in [0.1, 0.15) is 26.3 Å². The fraction of sp³-hybridized carbons (Fsp3) is 0.292. The minimum Gasteiger partial charge on any atom is -0.492 e. The number of nitrogens with one attached hydrogen (secondary N) is 1. The molecule has 0 bridgehead atoms. The van der Waals surface area contributed by atoms with E-state index in [9.17, 15) is 13.2 Å². The van der Waals surface area contributed by atoms with Crippen LogP contribution >= 0.6 is 0 Å². The van der Waals surface area contributed by atoms with Gasteiger partial charge in [0.1, 0.15) is 10.6 Å². The van der Waals surface area contributed by atoms with Crippen molar-refractivity contribution in [3.63, 3.8) is 0 Å². The van der Waals surface area contributed by atoms with Gasteiger partial charge in [0.25, 0.3) is 0 Å². The molecular formula is C24H28N2O4S. The Morgan fingerprint density at radius 1 is 0.968 bits per heavy atom. The first kappa shape index (κ1) is 22.8. The average Bonchev–Trinajstić information content (AvgIpc) is 2.76. The van der Waals surface area contributed by atoms with Gasteiger partial charge in [-0.3, -0.25) is 4.79 Å². The molecular weight excluding hydrogens is 412 g/mol. The molecule has 6 nitrogen and oxygen atoms in total. The summed E-state index contributed by atoms with van der Waals surface area (Å²) >= 11 is 0. The molecule has 0 heterocycles. The quantitative estimate of drug-likeness (QED) is 0.533. The molecule has 0 atom stereocenters. The smallest absolute Gasteiger partial charge is 0.246 e. The van der Waals surface area contributed by atoms with Crippen molar-refractivity contribution in [2.75, 3.05) is 25.0 Å². The highest BCUT2D eigenvalue weighted by Gasteiger charge is 2.26. The van der Waals surface area contributed by atoms with Gasteiger partial charge in [0, 0.05) is 18.8 Å². The van der Waals surface area contributed by atoms with Crippen LogP contribution in [0.3, 0.4) is 0 Å². The molecule has 3 rings (SSSR count). The Labute approximate surface area is 183 Å². The summed E-state index contributed by atoms with van der Waals surface area (Å²) in [5.74, 6) is 0.0631. The lowest BCUT2D eigenvalue weighted by atomic mass is 10.0. The van der Waals surface area contributed by atoms with Gasteiger partial charge >= 0.3 is 0 Å². The highest BCUT2D eigenvalue weighted by Crippen LogP contribution is 2.30. The number of carbonyl (C=O) groups is 1. The van der Waals surface area contributed by atoms with E-state index in [1.807, 2.05) is 42.5 Å². The van der Waals surface area contributed by atoms with Crippen LogP contribution in [0.25, 0.3) is 10.8 Å². The zero-order valence-electron chi connectivity index (χ0n) is 18.1. The van der Waals surface area contributed by atoms with Crippen LogP contribution in [-0.4, -0.2) is 38.3 Å². The summed E-state index contributed by atoms with van der Waals surface area (Å²) in [5, 5.41) is 4.93. The van der Waals surface area contributed by atoms with Crippen molar-refractivity contribution in [2.45, 2.75) is 32.1 Å². The second kappa shape index (κ2) is 9.94. The average molecular weight is 441 g/mol. The highest BCUT2D eigenvalue weighted by atomic mass is 32.2. The third-order valence-electron chi connectivity index (χ3n) is 5.08. The number of nitrogens with zero attached hydrogens (tertiary/aromatic N) is 1. The van der Waals surface area contributed by atoms with Crippen molar-refractivity contribution in [1.82, 2.24) is 4.31 Å². The van der Waals surface area contributed by atoms with Gasteiger partial charge in [-0.15, -0.1) is 0 Å². The number of fused-ring (bicyclic) bond motifs is 1. The van der Waals surface area contributed by atoms with E-state index in [4.69, 9.17) is 4.74 Å². The van der Waals surface area contributed by atoms with Gasteiger partial charge < -0.3 is 10.1 Å². The number of rotatable bonds is 9. The summed E-state index contributed by atoms with van der Waals surface area (Å²) < 4.78 is 33.1. The second-order valence-electron chi connectivity index (χ2n) is 7.05. The van der Waals surface area contributed by atoms with Crippen LogP contribution in [0.4, 0.5) is 5.69 Å². The van der Waals surface area contributed by atoms with E-state index in [1.165, 1.54) is 10.4 Å². The van der Waals surface area contributed by atoms with Crippen molar-refractivity contribution in [3.05, 3.63) is 66.2 Å². The maximum atomic E-state index is 13.1. The van der Waals surface area contributed by atoms with Gasteiger partial charge in [0.05, 0.1) is 13.0 Å². The fourth-order valence-electron chi connectivity index (χ4n) is 3.59. The molecule has 3 aromatic carbocycles. The molecule has 0 fully saturated rings. The zero-order chi connectivity index (χ0) is 22.4. The third-order valence-corrected chi connectivity index (χ3v) is 7.15. The molecule has 1 N–H and O–H groups in total. The molecule has 0 radical (unpaired) electrons. The summed E-state index contributed by atoms with van der Waals surface area (Å²) in [6.45, 7) is 6.42. The maximum absolute atomic E-state index is 13.1. The molecule has 0 aliphatic rings. The SMILES string of the molecule is CCOc1ccc(NC(=O)Cc2cccc3ccccc23)cc1S(=O)(=O)N(CC)CC. The lowest BCUT2D eigenvalue weighted by Crippen LogP contribution is -2.31. The molecule has 0 aromatic heterocycles. The van der Waals surface area contributed by atoms with E-state index in [1.54, 1.807) is 32.9 Å². The Morgan fingerprint density at radius 3 is 2.39 bits per heavy atom. The number of carbonyl (C=O) groups excluding carboxylic acids is 1. The molecule has 3 aromatic rings. The third kappa shape index (κ3) is 5.06. The first-order valence-corrected chi connectivity index (χ1v) is 11.9. The van der Waals surface area contributed by atoms with E-state index < -0.39 is 10.0 Å². The van der Waals surface area contributed by atoms with Crippen LogP contribution in [0, 0.1) is 0 Å².